The van der Waals surface area contributed by atoms with Gasteiger partial charge in [0.15, 0.2) is 5.82 Å². The van der Waals surface area contributed by atoms with Crippen LogP contribution in [0.2, 0.25) is 0 Å². The lowest BCUT2D eigenvalue weighted by atomic mass is 9.68. The van der Waals surface area contributed by atoms with E-state index in [2.05, 4.69) is 164 Å². The molecule has 0 radical (unpaired) electrons. The van der Waals surface area contributed by atoms with Gasteiger partial charge in [-0.25, -0.2) is 9.97 Å². The monoisotopic (exact) mass is 722 g/mol. The van der Waals surface area contributed by atoms with Gasteiger partial charge >= 0.3 is 0 Å². The number of thiophene rings is 1. The van der Waals surface area contributed by atoms with E-state index >= 15 is 0 Å². The summed E-state index contributed by atoms with van der Waals surface area (Å²) in [5.74, 6) is 0.728. The molecule has 262 valence electrons. The molecule has 2 aromatic heterocycles. The first kappa shape index (κ1) is 32.3. The second kappa shape index (κ2) is 13.0. The number of hydrogen-bond donors (Lipinski definition) is 0. The third-order valence-corrected chi connectivity index (χ3v) is 13.3. The van der Waals surface area contributed by atoms with E-state index < -0.39 is 0 Å². The molecule has 55 heavy (non-hydrogen) atoms. The Morgan fingerprint density at radius 3 is 1.82 bits per heavy atom. The lowest BCUT2D eigenvalue weighted by molar-refractivity contribution is 0.353. The number of hydrogen-bond acceptors (Lipinski definition) is 3. The Hall–Kier alpha value is -6.16. The van der Waals surface area contributed by atoms with E-state index in [1.54, 1.807) is 0 Å². The minimum Gasteiger partial charge on any atom is -0.228 e. The molecule has 0 amide bonds. The second-order valence-electron chi connectivity index (χ2n) is 15.2. The van der Waals surface area contributed by atoms with Crippen molar-refractivity contribution in [3.8, 4) is 67.3 Å². The van der Waals surface area contributed by atoms with E-state index in [4.69, 9.17) is 9.97 Å². The fourth-order valence-corrected chi connectivity index (χ4v) is 10.7. The molecule has 2 heterocycles. The lowest BCUT2D eigenvalue weighted by Gasteiger charge is -2.36. The summed E-state index contributed by atoms with van der Waals surface area (Å²) in [7, 11) is 0. The van der Waals surface area contributed by atoms with Crippen LogP contribution in [-0.4, -0.2) is 9.97 Å². The van der Waals surface area contributed by atoms with Crippen molar-refractivity contribution in [2.24, 2.45) is 0 Å². The molecule has 0 N–H and O–H groups in total. The number of benzene rings is 7. The summed E-state index contributed by atoms with van der Waals surface area (Å²) in [5, 5.41) is 2.56. The van der Waals surface area contributed by atoms with Gasteiger partial charge in [0.2, 0.25) is 0 Å². The normalized spacial score (nSPS) is 14.3. The highest BCUT2D eigenvalue weighted by Gasteiger charge is 2.44. The Morgan fingerprint density at radius 1 is 0.418 bits per heavy atom. The van der Waals surface area contributed by atoms with Gasteiger partial charge in [0, 0.05) is 47.8 Å². The van der Waals surface area contributed by atoms with Gasteiger partial charge in [0.25, 0.3) is 0 Å². The molecule has 0 unspecified atom stereocenters. The summed E-state index contributed by atoms with van der Waals surface area (Å²) < 4.78 is 2.63. The maximum absolute atomic E-state index is 5.20. The van der Waals surface area contributed by atoms with Gasteiger partial charge in [0.05, 0.1) is 11.4 Å². The minimum absolute atomic E-state index is 0.141. The zero-order valence-corrected chi connectivity index (χ0v) is 31.3. The molecule has 1 saturated carbocycles. The highest BCUT2D eigenvalue weighted by atomic mass is 32.1. The van der Waals surface area contributed by atoms with Crippen LogP contribution in [0.5, 0.6) is 0 Å². The molecule has 2 nitrogen and oxygen atoms in total. The molecule has 0 bridgehead atoms. The predicted octanol–water partition coefficient (Wildman–Crippen LogP) is 14.4. The van der Waals surface area contributed by atoms with E-state index in [0.29, 0.717) is 0 Å². The fourth-order valence-electron chi connectivity index (χ4n) is 9.52. The van der Waals surface area contributed by atoms with E-state index in [1.165, 1.54) is 96.8 Å². The summed E-state index contributed by atoms with van der Waals surface area (Å²) in [6, 6.07) is 61.8. The third kappa shape index (κ3) is 5.29. The summed E-state index contributed by atoms with van der Waals surface area (Å²) in [5.41, 5.74) is 16.2. The topological polar surface area (TPSA) is 25.8 Å². The van der Waals surface area contributed by atoms with Crippen molar-refractivity contribution in [1.29, 1.82) is 0 Å². The molecule has 9 aromatic rings. The van der Waals surface area contributed by atoms with Crippen molar-refractivity contribution in [2.75, 3.05) is 0 Å². The van der Waals surface area contributed by atoms with Gasteiger partial charge in [-0.2, -0.15) is 0 Å². The molecular formula is C52H38N2S. The molecular weight excluding hydrogens is 685 g/mol. The highest BCUT2D eigenvalue weighted by molar-refractivity contribution is 7.26. The highest BCUT2D eigenvalue weighted by Crippen LogP contribution is 2.58. The van der Waals surface area contributed by atoms with Crippen molar-refractivity contribution in [2.45, 2.75) is 37.5 Å². The van der Waals surface area contributed by atoms with Gasteiger partial charge < -0.3 is 0 Å². The van der Waals surface area contributed by atoms with Gasteiger partial charge in [-0.05, 0) is 70.0 Å². The van der Waals surface area contributed by atoms with E-state index in [1.807, 2.05) is 17.4 Å². The summed E-state index contributed by atoms with van der Waals surface area (Å²) >= 11 is 1.91. The first-order valence-electron chi connectivity index (χ1n) is 19.5. The van der Waals surface area contributed by atoms with Crippen LogP contribution in [0, 0.1) is 0 Å². The zero-order chi connectivity index (χ0) is 36.3. The number of nitrogens with zero attached hydrogens (tertiary/aromatic N) is 2. The fraction of sp³-hybridized carbons (Fsp3) is 0.115. The van der Waals surface area contributed by atoms with E-state index in [0.717, 1.165) is 33.9 Å². The maximum atomic E-state index is 5.20. The molecule has 2 aliphatic carbocycles. The Balaban J connectivity index is 1.04. The van der Waals surface area contributed by atoms with Crippen LogP contribution in [0.3, 0.4) is 0 Å². The molecule has 11 rings (SSSR count). The van der Waals surface area contributed by atoms with Crippen LogP contribution in [0.25, 0.3) is 87.5 Å². The Labute approximate surface area is 325 Å². The van der Waals surface area contributed by atoms with Crippen molar-refractivity contribution >= 4 is 31.5 Å². The largest absolute Gasteiger partial charge is 0.228 e. The molecule has 0 saturated heterocycles. The van der Waals surface area contributed by atoms with E-state index in [9.17, 15) is 0 Å². The Morgan fingerprint density at radius 2 is 1.02 bits per heavy atom. The van der Waals surface area contributed by atoms with Crippen molar-refractivity contribution in [3.05, 3.63) is 181 Å². The van der Waals surface area contributed by atoms with Crippen molar-refractivity contribution in [3.63, 3.8) is 0 Å². The SMILES string of the molecule is c1ccc(-c2ccc(-c3cc(-c4ccc5sc6c(-c7cccc8c7-c7ccccc7C87CCCCC7)cccc6c5c4)nc(-c4ccccc4)n3)cc2)cc1. The summed E-state index contributed by atoms with van der Waals surface area (Å²) in [6.07, 6.45) is 6.42. The van der Waals surface area contributed by atoms with Crippen LogP contribution in [0.15, 0.2) is 170 Å². The lowest BCUT2D eigenvalue weighted by Crippen LogP contribution is -2.27. The average Bonchev–Trinajstić information content (AvgIpc) is 3.77. The average molecular weight is 723 g/mol. The Kier molecular flexibility index (Phi) is 7.63. The van der Waals surface area contributed by atoms with Crippen LogP contribution in [0.4, 0.5) is 0 Å². The van der Waals surface area contributed by atoms with Gasteiger partial charge in [-0.15, -0.1) is 11.3 Å². The van der Waals surface area contributed by atoms with Crippen LogP contribution in [0.1, 0.15) is 43.2 Å². The molecule has 1 spiro atoms. The van der Waals surface area contributed by atoms with Gasteiger partial charge in [0.1, 0.15) is 0 Å². The van der Waals surface area contributed by atoms with Crippen molar-refractivity contribution < 1.29 is 0 Å². The molecule has 7 aromatic carbocycles. The quantitative estimate of drug-likeness (QED) is 0.177. The zero-order valence-electron chi connectivity index (χ0n) is 30.5. The van der Waals surface area contributed by atoms with Gasteiger partial charge in [-0.1, -0.05) is 171 Å². The number of aromatic nitrogens is 2. The molecule has 2 aliphatic rings. The molecule has 0 aliphatic heterocycles. The molecule has 1 fully saturated rings. The second-order valence-corrected chi connectivity index (χ2v) is 16.2. The van der Waals surface area contributed by atoms with Crippen LogP contribution < -0.4 is 0 Å². The van der Waals surface area contributed by atoms with Crippen molar-refractivity contribution in [1.82, 2.24) is 9.97 Å². The molecule has 0 atom stereocenters. The standard InChI is InChI=1S/C52H38N2S/c1-4-14-34(15-5-1)35-24-26-36(27-25-35)46-33-47(54-51(53-46)37-16-6-2-7-17-37)38-28-29-48-43(32-38)41-21-12-20-40(50(41)55-48)39-19-13-23-45-49(39)42-18-8-9-22-44(42)52(45)30-10-3-11-31-52/h1-2,4-9,12-29,32-33H,3,10-11,30-31H2. The number of fused-ring (bicyclic) bond motifs is 8. The van der Waals surface area contributed by atoms with Crippen LogP contribution in [-0.2, 0) is 5.41 Å². The summed E-state index contributed by atoms with van der Waals surface area (Å²) in [4.78, 5) is 10.3. The first-order chi connectivity index (χ1) is 27.2. The smallest absolute Gasteiger partial charge is 0.160 e. The summed E-state index contributed by atoms with van der Waals surface area (Å²) in [6.45, 7) is 0. The maximum Gasteiger partial charge on any atom is 0.160 e. The Bertz CT molecular complexity index is 2880. The number of rotatable bonds is 5. The predicted molar refractivity (Wildman–Crippen MR) is 231 cm³/mol. The van der Waals surface area contributed by atoms with E-state index in [-0.39, 0.29) is 5.41 Å². The molecule has 3 heteroatoms. The van der Waals surface area contributed by atoms with Gasteiger partial charge in [-0.3, -0.25) is 0 Å². The minimum atomic E-state index is 0.141. The van der Waals surface area contributed by atoms with Crippen LogP contribution >= 0.6 is 11.3 Å². The third-order valence-electron chi connectivity index (χ3n) is 12.1. The first-order valence-corrected chi connectivity index (χ1v) is 20.3.